The molecule has 4 nitrogen and oxygen atoms in total. The van der Waals surface area contributed by atoms with Gasteiger partial charge in [-0.05, 0) is 108 Å². The summed E-state index contributed by atoms with van der Waals surface area (Å²) in [5.74, 6) is 1.22. The van der Waals surface area contributed by atoms with Gasteiger partial charge in [0, 0.05) is 52.9 Å². The Kier molecular flexibility index (Phi) is 40.4. The van der Waals surface area contributed by atoms with Gasteiger partial charge in [0.25, 0.3) is 0 Å². The van der Waals surface area contributed by atoms with E-state index in [1.165, 1.54) is 141 Å². The van der Waals surface area contributed by atoms with Crippen LogP contribution in [0.1, 0.15) is 89.7 Å². The zero-order valence-corrected chi connectivity index (χ0v) is 47.9. The molecule has 332 valence electrons. The number of hydrogen-bond acceptors (Lipinski definition) is 4. The summed E-state index contributed by atoms with van der Waals surface area (Å²) >= 11 is 1.93. The summed E-state index contributed by atoms with van der Waals surface area (Å²) in [5, 5.41) is 2.71. The van der Waals surface area contributed by atoms with Crippen molar-refractivity contribution in [3.63, 3.8) is 0 Å². The van der Waals surface area contributed by atoms with E-state index in [0.717, 1.165) is 38.8 Å². The van der Waals surface area contributed by atoms with Crippen LogP contribution in [-0.2, 0) is 13.1 Å². The first kappa shape index (κ1) is 64.8. The van der Waals surface area contributed by atoms with Crippen LogP contribution in [0.15, 0.2) is 132 Å². The molecule has 0 N–H and O–H groups in total. The van der Waals surface area contributed by atoms with Gasteiger partial charge in [0.2, 0.25) is 0 Å². The predicted molar refractivity (Wildman–Crippen MR) is 297 cm³/mol. The molecule has 3 saturated heterocycles. The van der Waals surface area contributed by atoms with Crippen LogP contribution >= 0.6 is 11.8 Å². The number of para-hydroxylation sites is 2. The number of benzene rings is 5. The van der Waals surface area contributed by atoms with E-state index >= 15 is 0 Å². The Hall–Kier alpha value is -0.199. The van der Waals surface area contributed by atoms with Gasteiger partial charge in [-0.2, -0.15) is 67.8 Å². The van der Waals surface area contributed by atoms with Crippen LogP contribution in [-0.4, -0.2) is 181 Å². The molecule has 0 unspecified atom stereocenters. The minimum Gasteiger partial charge on any atom is -1.00 e. The third kappa shape index (κ3) is 24.5. The number of nitrogens with zero attached hydrogens (tertiary/aromatic N) is 4. The smallest absolute Gasteiger partial charge is 1.00 e. The van der Waals surface area contributed by atoms with Crippen LogP contribution in [0.4, 0.5) is 5.69 Å². The Bertz CT molecular complexity index is 1940. The summed E-state index contributed by atoms with van der Waals surface area (Å²) in [6.45, 7) is 22.6. The van der Waals surface area contributed by atoms with E-state index in [9.17, 15) is 0 Å². The van der Waals surface area contributed by atoms with E-state index in [1.807, 2.05) is 36.0 Å². The van der Waals surface area contributed by atoms with Crippen molar-refractivity contribution in [3.8, 4) is 0 Å². The molecular weight excluding hydrogens is 870 g/mol. The molecule has 0 bridgehead atoms. The van der Waals surface area contributed by atoms with E-state index in [1.54, 1.807) is 0 Å². The maximum absolute atomic E-state index is 3.93. The van der Waals surface area contributed by atoms with Crippen molar-refractivity contribution in [3.05, 3.63) is 166 Å². The second kappa shape index (κ2) is 40.5. The molecule has 0 spiro atoms. The molecule has 4 heterocycles. The second-order valence-corrected chi connectivity index (χ2v) is 17.0. The normalized spacial score (nSPS) is 13.9. The largest absolute Gasteiger partial charge is 2.00 e. The number of anilines is 1. The molecule has 0 amide bonds. The van der Waals surface area contributed by atoms with Crippen molar-refractivity contribution in [2.75, 3.05) is 56.5 Å². The van der Waals surface area contributed by atoms with Crippen LogP contribution in [0.25, 0.3) is 21.8 Å². The molecule has 0 saturated carbocycles. The number of hydrogen-bond donors (Lipinski definition) is 0. The fourth-order valence-electron chi connectivity index (χ4n) is 8.02. The Morgan fingerprint density at radius 3 is 1.48 bits per heavy atom. The van der Waals surface area contributed by atoms with Crippen molar-refractivity contribution >= 4 is 155 Å². The Labute approximate surface area is 488 Å². The quantitative estimate of drug-likeness (QED) is 0.0496. The number of aromatic nitrogens is 1. The van der Waals surface area contributed by atoms with E-state index in [2.05, 4.69) is 155 Å². The van der Waals surface area contributed by atoms with Crippen molar-refractivity contribution < 1.29 is 7.13 Å². The molecule has 10 heteroatoms. The summed E-state index contributed by atoms with van der Waals surface area (Å²) in [4.78, 5) is 8.79. The average Bonchev–Trinajstić information content (AvgIpc) is 4.17. The molecule has 3 fully saturated rings. The number of rotatable bonds is 13. The Balaban J connectivity index is -0.000000180. The average molecular weight is 947 g/mol. The number of likely N-dealkylation sites (tertiary alicyclic amines) is 2. The van der Waals surface area contributed by atoms with Gasteiger partial charge in [0.05, 0.1) is 0 Å². The third-order valence-corrected chi connectivity index (χ3v) is 12.3. The topological polar surface area (TPSA) is 14.7 Å². The van der Waals surface area contributed by atoms with Crippen molar-refractivity contribution in [1.29, 1.82) is 0 Å². The molecule has 0 atom stereocenters. The maximum atomic E-state index is 3.93. The van der Waals surface area contributed by atoms with Gasteiger partial charge in [-0.15, -0.1) is 29.5 Å². The molecular formula is C55H76Mg5N4S. The summed E-state index contributed by atoms with van der Waals surface area (Å²) < 4.78 is 2.41. The maximum Gasteiger partial charge on any atom is 2.00 e. The SMILES string of the molecule is [CH2-]CCCCSc1ccccc1.[CH2-]CCCn1c2ccccc2c2ccccc21.[CH2-]CCN1CCCC1.[H-].[H-].[H-].[H-].[H-].[Mg+2].[Mg+2].[Mg+2].[Mg+2].[Mg+2].[c-]1ccc(CN2CCCC2)cc1.[c-]1ccc(N2CCCC2)cc1. The van der Waals surface area contributed by atoms with Crippen molar-refractivity contribution in [2.24, 2.45) is 0 Å². The van der Waals surface area contributed by atoms with Gasteiger partial charge in [0.15, 0.2) is 0 Å². The van der Waals surface area contributed by atoms with Gasteiger partial charge in [0.1, 0.15) is 0 Å². The fourth-order valence-corrected chi connectivity index (χ4v) is 8.95. The van der Waals surface area contributed by atoms with Crippen LogP contribution in [0.3, 0.4) is 0 Å². The van der Waals surface area contributed by atoms with Crippen LogP contribution < -0.4 is 4.90 Å². The van der Waals surface area contributed by atoms with Gasteiger partial charge >= 0.3 is 115 Å². The summed E-state index contributed by atoms with van der Waals surface area (Å²) in [7, 11) is 0. The minimum atomic E-state index is 0. The first-order valence-electron chi connectivity index (χ1n) is 22.8. The van der Waals surface area contributed by atoms with Crippen molar-refractivity contribution in [2.45, 2.75) is 95.0 Å². The summed E-state index contributed by atoms with van der Waals surface area (Å²) in [5.41, 5.74) is 5.43. The monoisotopic (exact) mass is 945 g/mol. The molecule has 6 aromatic rings. The molecule has 3 aliphatic rings. The van der Waals surface area contributed by atoms with Crippen LogP contribution in [0, 0.1) is 32.9 Å². The second-order valence-electron chi connectivity index (χ2n) is 15.9. The van der Waals surface area contributed by atoms with E-state index in [4.69, 9.17) is 0 Å². The number of aryl methyl sites for hydroxylation is 1. The first-order chi connectivity index (χ1) is 29.7. The van der Waals surface area contributed by atoms with Gasteiger partial charge in [-0.1, -0.05) is 73.1 Å². The molecule has 5 aromatic carbocycles. The zero-order chi connectivity index (χ0) is 41.9. The molecule has 3 aliphatic heterocycles. The van der Waals surface area contributed by atoms with E-state index in [-0.39, 0.29) is 122 Å². The third-order valence-electron chi connectivity index (χ3n) is 11.2. The summed E-state index contributed by atoms with van der Waals surface area (Å²) in [6, 6.07) is 50.4. The van der Waals surface area contributed by atoms with Crippen LogP contribution in [0.5, 0.6) is 0 Å². The standard InChI is InChI=1S/C16H16N.C11H14N.C11H15S.C10H12N.C7H14N.5Mg.5H/c1-2-3-12-17-15-10-6-4-8-13(15)14-9-5-7-11-16(14)17;1-2-6-11(7-3-1)10-12-8-4-5-9-12;1-2-3-7-10-12-11-8-5-4-6-9-11;1-2-6-10(7-3-1)11-8-4-5-9-11;1-2-5-8-6-3-4-7-8;;;;;;;;;;/h4-11H,1-3,12H2;2-3,6-7H,4-5,8-10H2;4-6,8-9H,1-3,7,10H2;2-3,6-7H,4-5,8-9H2;1-7H2;;;;;;;;;;/q5*-1;5*+2;5*-1. The van der Waals surface area contributed by atoms with E-state index in [0.29, 0.717) is 0 Å². The molecule has 9 rings (SSSR count). The minimum absolute atomic E-state index is 0. The van der Waals surface area contributed by atoms with Crippen molar-refractivity contribution in [1.82, 2.24) is 14.4 Å². The molecule has 65 heavy (non-hydrogen) atoms. The Morgan fingerprint density at radius 1 is 0.477 bits per heavy atom. The molecule has 1 aromatic heterocycles. The number of fused-ring (bicyclic) bond motifs is 3. The number of thioether (sulfide) groups is 1. The predicted octanol–water partition coefficient (Wildman–Crippen LogP) is 12.3. The zero-order valence-electron chi connectivity index (χ0n) is 45.0. The van der Waals surface area contributed by atoms with E-state index < -0.39 is 0 Å². The van der Waals surface area contributed by atoms with Crippen LogP contribution in [0.2, 0.25) is 0 Å². The number of unbranched alkanes of at least 4 members (excludes halogenated alkanes) is 3. The fraction of sp³-hybridized carbons (Fsp3) is 0.400. The molecule has 0 aliphatic carbocycles. The Morgan fingerprint density at radius 2 is 0.954 bits per heavy atom. The summed E-state index contributed by atoms with van der Waals surface area (Å²) in [6.07, 6.45) is 15.0. The van der Waals surface area contributed by atoms with Gasteiger partial charge in [-0.3, -0.25) is 0 Å². The van der Waals surface area contributed by atoms with Gasteiger partial charge < -0.3 is 47.2 Å². The first-order valence-corrected chi connectivity index (χ1v) is 23.8. The molecule has 0 radical (unpaired) electrons. The van der Waals surface area contributed by atoms with Gasteiger partial charge in [-0.25, -0.2) is 0 Å².